The van der Waals surface area contributed by atoms with E-state index in [1.54, 1.807) is 7.05 Å². The molecular weight excluding hydrogens is 278 g/mol. The molecule has 0 aliphatic heterocycles. The van der Waals surface area contributed by atoms with Crippen LogP contribution in [0.3, 0.4) is 0 Å². The molecule has 0 unspecified atom stereocenters. The van der Waals surface area contributed by atoms with Crippen molar-refractivity contribution in [3.8, 4) is 0 Å². The second kappa shape index (κ2) is 9.65. The van der Waals surface area contributed by atoms with Crippen LogP contribution in [0.2, 0.25) is 0 Å². The predicted octanol–water partition coefficient (Wildman–Crippen LogP) is 2.29. The van der Waals surface area contributed by atoms with Crippen molar-refractivity contribution in [1.82, 2.24) is 16.0 Å². The van der Waals surface area contributed by atoms with Gasteiger partial charge in [0.2, 0.25) is 0 Å². The summed E-state index contributed by atoms with van der Waals surface area (Å²) in [6.07, 6.45) is 1.06. The molecule has 1 aromatic carbocycles. The van der Waals surface area contributed by atoms with Crippen molar-refractivity contribution in [2.45, 2.75) is 39.8 Å². The van der Waals surface area contributed by atoms with E-state index in [4.69, 9.17) is 0 Å². The van der Waals surface area contributed by atoms with Crippen molar-refractivity contribution in [2.75, 3.05) is 18.9 Å². The molecule has 0 saturated carbocycles. The highest BCUT2D eigenvalue weighted by molar-refractivity contribution is 5.89. The van der Waals surface area contributed by atoms with Crippen LogP contribution in [0, 0.1) is 0 Å². The van der Waals surface area contributed by atoms with E-state index in [1.807, 2.05) is 38.1 Å². The monoisotopic (exact) mass is 305 g/mol. The molecule has 0 aliphatic carbocycles. The molecule has 0 saturated heterocycles. The van der Waals surface area contributed by atoms with Gasteiger partial charge in [-0.15, -0.1) is 0 Å². The Balaban J connectivity index is 2.46. The SMILES string of the molecule is CCCNC(=NC)NCc1ccc(NC(=O)NC(C)C)cc1. The van der Waals surface area contributed by atoms with Crippen molar-refractivity contribution < 1.29 is 4.79 Å². The number of carbonyl (C=O) groups excluding carboxylic acids is 1. The summed E-state index contributed by atoms with van der Waals surface area (Å²) in [6, 6.07) is 7.66. The van der Waals surface area contributed by atoms with Crippen molar-refractivity contribution >= 4 is 17.7 Å². The van der Waals surface area contributed by atoms with E-state index in [0.29, 0.717) is 6.54 Å². The summed E-state index contributed by atoms with van der Waals surface area (Å²) in [4.78, 5) is 15.8. The average Bonchev–Trinajstić information content (AvgIpc) is 2.48. The van der Waals surface area contributed by atoms with Crippen LogP contribution in [0.1, 0.15) is 32.8 Å². The summed E-state index contributed by atoms with van der Waals surface area (Å²) in [6.45, 7) is 7.54. The number of hydrogen-bond donors (Lipinski definition) is 4. The fraction of sp³-hybridized carbons (Fsp3) is 0.500. The zero-order chi connectivity index (χ0) is 16.4. The minimum Gasteiger partial charge on any atom is -0.356 e. The maximum atomic E-state index is 11.6. The first-order chi connectivity index (χ1) is 10.5. The summed E-state index contributed by atoms with van der Waals surface area (Å²) >= 11 is 0. The number of aliphatic imine (C=N–C) groups is 1. The van der Waals surface area contributed by atoms with Crippen LogP contribution in [0.4, 0.5) is 10.5 Å². The van der Waals surface area contributed by atoms with E-state index >= 15 is 0 Å². The highest BCUT2D eigenvalue weighted by Crippen LogP contribution is 2.09. The first-order valence-electron chi connectivity index (χ1n) is 7.66. The minimum atomic E-state index is -0.190. The topological polar surface area (TPSA) is 77.6 Å². The second-order valence-electron chi connectivity index (χ2n) is 5.30. The Morgan fingerprint density at radius 3 is 2.41 bits per heavy atom. The maximum Gasteiger partial charge on any atom is 0.319 e. The second-order valence-corrected chi connectivity index (χ2v) is 5.30. The third-order valence-electron chi connectivity index (χ3n) is 2.86. The van der Waals surface area contributed by atoms with Crippen molar-refractivity contribution in [1.29, 1.82) is 0 Å². The lowest BCUT2D eigenvalue weighted by Crippen LogP contribution is -2.37. The van der Waals surface area contributed by atoms with E-state index in [-0.39, 0.29) is 12.1 Å². The van der Waals surface area contributed by atoms with Crippen LogP contribution >= 0.6 is 0 Å². The molecular formula is C16H27N5O. The third-order valence-corrected chi connectivity index (χ3v) is 2.86. The molecule has 1 aromatic rings. The molecule has 22 heavy (non-hydrogen) atoms. The summed E-state index contributed by atoms with van der Waals surface area (Å²) in [5.74, 6) is 0.792. The van der Waals surface area contributed by atoms with Crippen molar-refractivity contribution in [3.05, 3.63) is 29.8 Å². The summed E-state index contributed by atoms with van der Waals surface area (Å²) in [5.41, 5.74) is 1.89. The summed E-state index contributed by atoms with van der Waals surface area (Å²) < 4.78 is 0. The lowest BCUT2D eigenvalue weighted by atomic mass is 10.2. The number of hydrogen-bond acceptors (Lipinski definition) is 2. The number of nitrogens with one attached hydrogen (secondary N) is 4. The molecule has 0 atom stereocenters. The Bertz CT molecular complexity index is 482. The molecule has 6 heteroatoms. The third kappa shape index (κ3) is 6.97. The quantitative estimate of drug-likeness (QED) is 0.481. The Hall–Kier alpha value is -2.24. The number of nitrogens with zero attached hydrogens (tertiary/aromatic N) is 1. The normalized spacial score (nSPS) is 11.2. The molecule has 0 fully saturated rings. The Labute approximate surface area is 132 Å². The maximum absolute atomic E-state index is 11.6. The van der Waals surface area contributed by atoms with Gasteiger partial charge in [0.25, 0.3) is 0 Å². The van der Waals surface area contributed by atoms with Crippen LogP contribution in [-0.4, -0.2) is 31.6 Å². The fourth-order valence-corrected chi connectivity index (χ4v) is 1.79. The van der Waals surface area contributed by atoms with Gasteiger partial charge in [0.15, 0.2) is 5.96 Å². The number of guanidine groups is 1. The predicted molar refractivity (Wildman–Crippen MR) is 92.2 cm³/mol. The van der Waals surface area contributed by atoms with Gasteiger partial charge < -0.3 is 21.3 Å². The molecule has 0 heterocycles. The number of anilines is 1. The van der Waals surface area contributed by atoms with Gasteiger partial charge in [-0.1, -0.05) is 19.1 Å². The summed E-state index contributed by atoms with van der Waals surface area (Å²) in [7, 11) is 1.76. The Morgan fingerprint density at radius 2 is 1.86 bits per heavy atom. The molecule has 0 aliphatic rings. The van der Waals surface area contributed by atoms with Crippen LogP contribution < -0.4 is 21.3 Å². The number of amides is 2. The minimum absolute atomic E-state index is 0.117. The van der Waals surface area contributed by atoms with Gasteiger partial charge >= 0.3 is 6.03 Å². The van der Waals surface area contributed by atoms with E-state index < -0.39 is 0 Å². The van der Waals surface area contributed by atoms with Gasteiger partial charge in [0.1, 0.15) is 0 Å². The number of benzene rings is 1. The Morgan fingerprint density at radius 1 is 1.18 bits per heavy atom. The number of rotatable bonds is 6. The molecule has 0 spiro atoms. The molecule has 1 rings (SSSR count). The van der Waals surface area contributed by atoms with Gasteiger partial charge in [-0.3, -0.25) is 4.99 Å². The van der Waals surface area contributed by atoms with E-state index in [2.05, 4.69) is 33.2 Å². The average molecular weight is 305 g/mol. The lowest BCUT2D eigenvalue weighted by Gasteiger charge is -2.12. The molecule has 4 N–H and O–H groups in total. The van der Waals surface area contributed by atoms with Gasteiger partial charge in [-0.25, -0.2) is 4.79 Å². The smallest absolute Gasteiger partial charge is 0.319 e. The van der Waals surface area contributed by atoms with Gasteiger partial charge in [0.05, 0.1) is 0 Å². The van der Waals surface area contributed by atoms with Crippen molar-refractivity contribution in [2.24, 2.45) is 4.99 Å². The van der Waals surface area contributed by atoms with Crippen molar-refractivity contribution in [3.63, 3.8) is 0 Å². The standard InChI is InChI=1S/C16H27N5O/c1-5-10-18-15(17-4)19-11-13-6-8-14(9-7-13)21-16(22)20-12(2)3/h6-9,12H,5,10-11H2,1-4H3,(H2,17,18,19)(H2,20,21,22). The van der Waals surface area contributed by atoms with Gasteiger partial charge in [0, 0.05) is 31.9 Å². The first-order valence-corrected chi connectivity index (χ1v) is 7.66. The van der Waals surface area contributed by atoms with Crippen LogP contribution in [0.5, 0.6) is 0 Å². The van der Waals surface area contributed by atoms with E-state index in [9.17, 15) is 4.79 Å². The lowest BCUT2D eigenvalue weighted by molar-refractivity contribution is 0.250. The molecule has 2 amide bonds. The van der Waals surface area contributed by atoms with Crippen LogP contribution in [-0.2, 0) is 6.54 Å². The van der Waals surface area contributed by atoms with E-state index in [0.717, 1.165) is 30.2 Å². The molecule has 0 radical (unpaired) electrons. The van der Waals surface area contributed by atoms with Gasteiger partial charge in [-0.2, -0.15) is 0 Å². The molecule has 0 aromatic heterocycles. The largest absolute Gasteiger partial charge is 0.356 e. The number of carbonyl (C=O) groups is 1. The molecule has 122 valence electrons. The summed E-state index contributed by atoms with van der Waals surface area (Å²) in [5, 5.41) is 12.0. The first kappa shape index (κ1) is 17.8. The molecule has 6 nitrogen and oxygen atoms in total. The van der Waals surface area contributed by atoms with Gasteiger partial charge in [-0.05, 0) is 38.0 Å². The van der Waals surface area contributed by atoms with Crippen LogP contribution in [0.25, 0.3) is 0 Å². The molecule has 0 bridgehead atoms. The highest BCUT2D eigenvalue weighted by Gasteiger charge is 2.03. The highest BCUT2D eigenvalue weighted by atomic mass is 16.2. The Kier molecular flexibility index (Phi) is 7.81. The van der Waals surface area contributed by atoms with Crippen LogP contribution in [0.15, 0.2) is 29.3 Å². The zero-order valence-electron chi connectivity index (χ0n) is 13.9. The van der Waals surface area contributed by atoms with E-state index in [1.165, 1.54) is 0 Å². The fourth-order valence-electron chi connectivity index (χ4n) is 1.79. The number of urea groups is 1. The zero-order valence-corrected chi connectivity index (χ0v) is 13.9.